The maximum atomic E-state index is 13.6. The zero-order chi connectivity index (χ0) is 22.8. The predicted molar refractivity (Wildman–Crippen MR) is 125 cm³/mol. The van der Waals surface area contributed by atoms with Crippen LogP contribution in [0.25, 0.3) is 0 Å². The van der Waals surface area contributed by atoms with Crippen LogP contribution >= 0.6 is 0 Å². The van der Waals surface area contributed by atoms with E-state index in [-0.39, 0.29) is 25.1 Å². The van der Waals surface area contributed by atoms with Crippen LogP contribution in [-0.4, -0.2) is 57.1 Å². The summed E-state index contributed by atoms with van der Waals surface area (Å²) in [6, 6.07) is 12.6. The van der Waals surface area contributed by atoms with Gasteiger partial charge in [0.15, 0.2) is 17.5 Å². The molecule has 7 nitrogen and oxygen atoms in total. The number of halogens is 1. The average Bonchev–Trinajstić information content (AvgIpc) is 2.81. The van der Waals surface area contributed by atoms with Crippen LogP contribution in [0.4, 0.5) is 10.1 Å². The number of guanidine groups is 1. The van der Waals surface area contributed by atoms with Crippen molar-refractivity contribution in [2.24, 2.45) is 4.99 Å². The number of nitrogens with one attached hydrogen (secondary N) is 2. The molecule has 0 aliphatic carbocycles. The minimum atomic E-state index is -0.212. The van der Waals surface area contributed by atoms with Crippen molar-refractivity contribution in [1.29, 1.82) is 0 Å². The van der Waals surface area contributed by atoms with Crippen molar-refractivity contribution >= 4 is 11.6 Å². The smallest absolute Gasteiger partial charge is 0.191 e. The van der Waals surface area contributed by atoms with Crippen LogP contribution < -0.4 is 25.0 Å². The van der Waals surface area contributed by atoms with Gasteiger partial charge in [-0.3, -0.25) is 0 Å². The summed E-state index contributed by atoms with van der Waals surface area (Å²) in [6.45, 7) is 5.14. The molecule has 1 aliphatic heterocycles. The van der Waals surface area contributed by atoms with E-state index in [0.29, 0.717) is 18.0 Å². The quantitative estimate of drug-likeness (QED) is 0.408. The number of aliphatic hydroxyl groups excluding tert-OH is 1. The summed E-state index contributed by atoms with van der Waals surface area (Å²) in [7, 11) is 1.59. The molecule has 0 amide bonds. The monoisotopic (exact) mass is 444 g/mol. The third-order valence-electron chi connectivity index (χ3n) is 5.28. The fourth-order valence-electron chi connectivity index (χ4n) is 3.77. The van der Waals surface area contributed by atoms with Crippen molar-refractivity contribution in [2.75, 3.05) is 44.9 Å². The molecule has 0 aromatic heterocycles. The van der Waals surface area contributed by atoms with Crippen molar-refractivity contribution in [3.05, 3.63) is 53.8 Å². The molecule has 174 valence electrons. The summed E-state index contributed by atoms with van der Waals surface area (Å²) >= 11 is 0. The number of anilines is 1. The number of rotatable bonds is 9. The first-order valence-corrected chi connectivity index (χ1v) is 11.1. The lowest BCUT2D eigenvalue weighted by molar-refractivity contribution is 0.196. The van der Waals surface area contributed by atoms with E-state index in [0.717, 1.165) is 49.7 Å². The van der Waals surface area contributed by atoms with Gasteiger partial charge in [-0.1, -0.05) is 12.1 Å². The first-order chi connectivity index (χ1) is 15.6. The van der Waals surface area contributed by atoms with Crippen molar-refractivity contribution in [1.82, 2.24) is 10.6 Å². The zero-order valence-electron chi connectivity index (χ0n) is 18.8. The zero-order valence-corrected chi connectivity index (χ0v) is 18.8. The van der Waals surface area contributed by atoms with Crippen LogP contribution in [0.1, 0.15) is 25.3 Å². The molecule has 8 heteroatoms. The van der Waals surface area contributed by atoms with Crippen LogP contribution in [0, 0.1) is 5.82 Å². The summed E-state index contributed by atoms with van der Waals surface area (Å²) in [6.07, 6.45) is 2.06. The van der Waals surface area contributed by atoms with Crippen molar-refractivity contribution < 1.29 is 19.0 Å². The minimum Gasteiger partial charge on any atom is -0.493 e. The molecule has 0 radical (unpaired) electrons. The number of methoxy groups -OCH3 is 1. The summed E-state index contributed by atoms with van der Waals surface area (Å²) in [5.74, 6) is 1.75. The molecule has 2 aromatic rings. The lowest BCUT2D eigenvalue weighted by Crippen LogP contribution is -2.51. The van der Waals surface area contributed by atoms with Gasteiger partial charge in [-0.05, 0) is 55.7 Å². The Balaban J connectivity index is 1.64. The number of nitrogens with zero attached hydrogens (tertiary/aromatic N) is 2. The maximum Gasteiger partial charge on any atom is 0.191 e. The Morgan fingerprint density at radius 2 is 2.12 bits per heavy atom. The highest BCUT2D eigenvalue weighted by Gasteiger charge is 2.21. The summed E-state index contributed by atoms with van der Waals surface area (Å²) < 4.78 is 24.5. The second kappa shape index (κ2) is 12.1. The van der Waals surface area contributed by atoms with E-state index in [2.05, 4.69) is 15.5 Å². The summed E-state index contributed by atoms with van der Waals surface area (Å²) in [4.78, 5) is 6.95. The van der Waals surface area contributed by atoms with Crippen LogP contribution in [-0.2, 0) is 6.54 Å². The molecule has 0 bridgehead atoms. The van der Waals surface area contributed by atoms with Crippen molar-refractivity contribution in [3.63, 3.8) is 0 Å². The van der Waals surface area contributed by atoms with Crippen LogP contribution in [0.15, 0.2) is 47.5 Å². The van der Waals surface area contributed by atoms with Crippen molar-refractivity contribution in [3.8, 4) is 11.5 Å². The third-order valence-corrected chi connectivity index (χ3v) is 5.28. The molecule has 2 aromatic carbocycles. The van der Waals surface area contributed by atoms with Gasteiger partial charge in [0.2, 0.25) is 0 Å². The molecule has 1 heterocycles. The molecule has 1 atom stereocenters. The predicted octanol–water partition coefficient (Wildman–Crippen LogP) is 2.93. The maximum absolute atomic E-state index is 13.6. The van der Waals surface area contributed by atoms with Crippen LogP contribution in [0.2, 0.25) is 0 Å². The number of hydrogen-bond donors (Lipinski definition) is 3. The van der Waals surface area contributed by atoms with Gasteiger partial charge in [-0.15, -0.1) is 0 Å². The number of ether oxygens (including phenoxy) is 2. The van der Waals surface area contributed by atoms with Crippen LogP contribution in [0.3, 0.4) is 0 Å². The Labute approximate surface area is 189 Å². The van der Waals surface area contributed by atoms with E-state index in [9.17, 15) is 4.39 Å². The van der Waals surface area contributed by atoms with Gasteiger partial charge in [0, 0.05) is 31.4 Å². The first-order valence-electron chi connectivity index (χ1n) is 11.1. The number of aliphatic hydroxyl groups is 1. The molecule has 1 saturated heterocycles. The normalized spacial score (nSPS) is 16.6. The highest BCUT2D eigenvalue weighted by molar-refractivity contribution is 5.80. The SMILES string of the molecule is CCNC(=NCc1ccc(OCCO)c(OC)c1)NC1CCCN(c2cccc(F)c2)C1. The van der Waals surface area contributed by atoms with Gasteiger partial charge in [-0.25, -0.2) is 9.38 Å². The van der Waals surface area contributed by atoms with E-state index in [1.165, 1.54) is 6.07 Å². The highest BCUT2D eigenvalue weighted by Crippen LogP contribution is 2.28. The number of piperidine rings is 1. The van der Waals surface area contributed by atoms with Gasteiger partial charge in [0.25, 0.3) is 0 Å². The fraction of sp³-hybridized carbons (Fsp3) is 0.458. The molecule has 3 N–H and O–H groups in total. The Hall–Kier alpha value is -3.00. The molecule has 0 spiro atoms. The van der Waals surface area contributed by atoms with E-state index in [1.54, 1.807) is 19.2 Å². The van der Waals surface area contributed by atoms with Gasteiger partial charge in [-0.2, -0.15) is 0 Å². The molecule has 3 rings (SSSR count). The molecule has 1 fully saturated rings. The molecular weight excluding hydrogens is 411 g/mol. The van der Waals surface area contributed by atoms with Gasteiger partial charge in [0.05, 0.1) is 20.3 Å². The standard InChI is InChI=1S/C24H33FN4O3/c1-3-26-24(27-16-18-9-10-22(32-13-12-30)23(14-18)31-2)28-20-7-5-11-29(17-20)21-8-4-6-19(25)15-21/h4,6,8-10,14-15,20,30H,3,5,7,11-13,16-17H2,1-2H3,(H2,26,27,28). The Bertz CT molecular complexity index is 893. The second-order valence-electron chi connectivity index (χ2n) is 7.66. The lowest BCUT2D eigenvalue weighted by atomic mass is 10.0. The molecular formula is C24H33FN4O3. The van der Waals surface area contributed by atoms with E-state index in [1.807, 2.05) is 31.2 Å². The largest absolute Gasteiger partial charge is 0.493 e. The van der Waals surface area contributed by atoms with Gasteiger partial charge >= 0.3 is 0 Å². The highest BCUT2D eigenvalue weighted by atomic mass is 19.1. The topological polar surface area (TPSA) is 78.4 Å². The lowest BCUT2D eigenvalue weighted by Gasteiger charge is -2.35. The Morgan fingerprint density at radius 1 is 1.25 bits per heavy atom. The van der Waals surface area contributed by atoms with Gasteiger partial charge < -0.3 is 30.1 Å². The van der Waals surface area contributed by atoms with Gasteiger partial charge in [0.1, 0.15) is 12.4 Å². The molecule has 32 heavy (non-hydrogen) atoms. The number of benzene rings is 2. The molecule has 0 saturated carbocycles. The van der Waals surface area contributed by atoms with E-state index in [4.69, 9.17) is 19.6 Å². The van der Waals surface area contributed by atoms with Crippen molar-refractivity contribution in [2.45, 2.75) is 32.4 Å². The van der Waals surface area contributed by atoms with E-state index >= 15 is 0 Å². The summed E-state index contributed by atoms with van der Waals surface area (Å²) in [5.41, 5.74) is 1.90. The minimum absolute atomic E-state index is 0.0509. The Kier molecular flexibility index (Phi) is 8.98. The number of aliphatic imine (C=N–C) groups is 1. The average molecular weight is 445 g/mol. The summed E-state index contributed by atoms with van der Waals surface area (Å²) in [5, 5.41) is 15.8. The first kappa shape index (κ1) is 23.7. The van der Waals surface area contributed by atoms with Crippen LogP contribution in [0.5, 0.6) is 11.5 Å². The Morgan fingerprint density at radius 3 is 2.88 bits per heavy atom. The third kappa shape index (κ3) is 6.75. The van der Waals surface area contributed by atoms with E-state index < -0.39 is 0 Å². The fourth-order valence-corrected chi connectivity index (χ4v) is 3.77. The second-order valence-corrected chi connectivity index (χ2v) is 7.66. The molecule has 1 aliphatic rings. The number of hydrogen-bond acceptors (Lipinski definition) is 5. The molecule has 1 unspecified atom stereocenters.